The lowest BCUT2D eigenvalue weighted by molar-refractivity contribution is -0.124. The molecule has 4 N–H and O–H groups in total. The molecule has 11 heteroatoms. The van der Waals surface area contributed by atoms with E-state index in [0.717, 1.165) is 29.5 Å². The molecule has 2 atom stereocenters. The molecular formula is C26H27N5O6. The fraction of sp³-hybridized carbons (Fsp3) is 0.346. The van der Waals surface area contributed by atoms with Gasteiger partial charge in [-0.3, -0.25) is 25.0 Å². The van der Waals surface area contributed by atoms with E-state index >= 15 is 0 Å². The number of fused-ring (bicyclic) bond motifs is 2. The molecule has 0 radical (unpaired) electrons. The molecule has 2 aliphatic heterocycles. The van der Waals surface area contributed by atoms with Crippen molar-refractivity contribution < 1.29 is 28.7 Å². The van der Waals surface area contributed by atoms with Gasteiger partial charge in [0.2, 0.25) is 6.41 Å². The van der Waals surface area contributed by atoms with Crippen molar-refractivity contribution in [2.24, 2.45) is 0 Å². The summed E-state index contributed by atoms with van der Waals surface area (Å²) < 4.78 is 5.27. The standard InChI is InChI=1S/C26H27N5O6/c1-37-18-6-8-20-16(12-18)9-10-31(22(20)33)13-26(23(34)29-25(36)30-26)17-5-7-19-15(11-17)3-2-4-21(19)28-24(35)27-14-32/h5-8,11-12,14,21H,2-4,9-10,13H2,1H3,(H2,27,28,32,35)(H2,29,30,34,36)/t21?,26-/m0/s1. The van der Waals surface area contributed by atoms with Crippen LogP contribution in [0.15, 0.2) is 36.4 Å². The molecule has 11 nitrogen and oxygen atoms in total. The quantitative estimate of drug-likeness (QED) is 0.344. The molecule has 2 aromatic rings. The molecule has 0 bridgehead atoms. The van der Waals surface area contributed by atoms with Gasteiger partial charge < -0.3 is 20.3 Å². The molecule has 2 heterocycles. The van der Waals surface area contributed by atoms with Crippen molar-refractivity contribution in [3.05, 3.63) is 64.2 Å². The molecule has 192 valence electrons. The highest BCUT2D eigenvalue weighted by Gasteiger charge is 2.50. The van der Waals surface area contributed by atoms with Crippen molar-refractivity contribution in [2.45, 2.75) is 37.3 Å². The van der Waals surface area contributed by atoms with Gasteiger partial charge in [-0.2, -0.15) is 0 Å². The summed E-state index contributed by atoms with van der Waals surface area (Å²) in [6.45, 7) is 0.351. The summed E-state index contributed by atoms with van der Waals surface area (Å²) in [7, 11) is 1.57. The number of aryl methyl sites for hydroxylation is 1. The molecule has 0 spiro atoms. The van der Waals surface area contributed by atoms with Gasteiger partial charge >= 0.3 is 12.1 Å². The van der Waals surface area contributed by atoms with E-state index in [1.807, 2.05) is 18.2 Å². The number of carbonyl (C=O) groups is 5. The van der Waals surface area contributed by atoms with Crippen molar-refractivity contribution >= 4 is 30.3 Å². The number of rotatable bonds is 6. The predicted octanol–water partition coefficient (Wildman–Crippen LogP) is 1.26. The Labute approximate surface area is 212 Å². The zero-order chi connectivity index (χ0) is 26.2. The number of carbonyl (C=O) groups excluding carboxylic acids is 5. The number of ether oxygens (including phenoxy) is 1. The van der Waals surface area contributed by atoms with Crippen molar-refractivity contribution in [3.63, 3.8) is 0 Å². The van der Waals surface area contributed by atoms with E-state index < -0.39 is 23.5 Å². The van der Waals surface area contributed by atoms with E-state index in [2.05, 4.69) is 21.3 Å². The number of hydrogen-bond acceptors (Lipinski definition) is 6. The van der Waals surface area contributed by atoms with E-state index in [-0.39, 0.29) is 18.5 Å². The first kappa shape index (κ1) is 24.3. The molecule has 1 fully saturated rings. The largest absolute Gasteiger partial charge is 0.497 e. The summed E-state index contributed by atoms with van der Waals surface area (Å²) in [6, 6.07) is 9.22. The average Bonchev–Trinajstić information content (AvgIpc) is 3.18. The number of hydrogen-bond donors (Lipinski definition) is 4. The van der Waals surface area contributed by atoms with Crippen LogP contribution in [-0.2, 0) is 28.0 Å². The van der Waals surface area contributed by atoms with Crippen molar-refractivity contribution in [3.8, 4) is 5.75 Å². The molecule has 37 heavy (non-hydrogen) atoms. The molecule has 1 aliphatic carbocycles. The van der Waals surface area contributed by atoms with Crippen molar-refractivity contribution in [2.75, 3.05) is 20.2 Å². The Morgan fingerprint density at radius 3 is 2.73 bits per heavy atom. The summed E-state index contributed by atoms with van der Waals surface area (Å²) in [5.41, 5.74) is 2.33. The highest BCUT2D eigenvalue weighted by Crippen LogP contribution is 2.35. The third kappa shape index (κ3) is 4.37. The first-order chi connectivity index (χ1) is 17.8. The minimum atomic E-state index is -1.46. The first-order valence-electron chi connectivity index (χ1n) is 12.1. The number of imide groups is 2. The van der Waals surface area contributed by atoms with Gasteiger partial charge in [0.05, 0.1) is 19.7 Å². The Morgan fingerprint density at radius 1 is 1.16 bits per heavy atom. The van der Waals surface area contributed by atoms with Crippen LogP contribution in [0.5, 0.6) is 5.75 Å². The highest BCUT2D eigenvalue weighted by molar-refractivity contribution is 6.08. The molecule has 7 amide bonds. The predicted molar refractivity (Wildman–Crippen MR) is 131 cm³/mol. The number of benzene rings is 2. The number of urea groups is 2. The Kier molecular flexibility index (Phi) is 6.28. The zero-order valence-electron chi connectivity index (χ0n) is 20.3. The summed E-state index contributed by atoms with van der Waals surface area (Å²) in [5.74, 6) is -0.0772. The second kappa shape index (κ2) is 9.57. The SMILES string of the molecule is COc1ccc2c(c1)CCN(C[C@@]1(c3ccc4c(c3)CCCC4NC(=O)NC=O)NC(=O)NC1=O)C2=O. The van der Waals surface area contributed by atoms with E-state index in [9.17, 15) is 24.0 Å². The molecular weight excluding hydrogens is 478 g/mol. The van der Waals surface area contributed by atoms with Crippen LogP contribution in [0.4, 0.5) is 9.59 Å². The number of methoxy groups -OCH3 is 1. The lowest BCUT2D eigenvalue weighted by Crippen LogP contribution is -2.55. The second-order valence-electron chi connectivity index (χ2n) is 9.41. The normalized spacial score (nSPS) is 22.4. The third-order valence-corrected chi connectivity index (χ3v) is 7.30. The Morgan fingerprint density at radius 2 is 2.00 bits per heavy atom. The maximum Gasteiger partial charge on any atom is 0.322 e. The molecule has 2 aromatic carbocycles. The van der Waals surface area contributed by atoms with Crippen molar-refractivity contribution in [1.29, 1.82) is 0 Å². The van der Waals surface area contributed by atoms with E-state index in [4.69, 9.17) is 4.74 Å². The lowest BCUT2D eigenvalue weighted by Gasteiger charge is -2.37. The Balaban J connectivity index is 1.46. The van der Waals surface area contributed by atoms with Crippen LogP contribution >= 0.6 is 0 Å². The summed E-state index contributed by atoms with van der Waals surface area (Å²) >= 11 is 0. The smallest absolute Gasteiger partial charge is 0.322 e. The summed E-state index contributed by atoms with van der Waals surface area (Å²) in [4.78, 5) is 63.0. The van der Waals surface area contributed by atoms with Crippen LogP contribution in [-0.4, -0.2) is 55.4 Å². The maximum absolute atomic E-state index is 13.4. The van der Waals surface area contributed by atoms with E-state index in [0.29, 0.717) is 42.7 Å². The summed E-state index contributed by atoms with van der Waals surface area (Å²) in [6.07, 6.45) is 3.13. The van der Waals surface area contributed by atoms with Crippen LogP contribution in [0.3, 0.4) is 0 Å². The van der Waals surface area contributed by atoms with Gasteiger partial charge in [0.25, 0.3) is 11.8 Å². The fourth-order valence-corrected chi connectivity index (χ4v) is 5.46. The highest BCUT2D eigenvalue weighted by atomic mass is 16.5. The van der Waals surface area contributed by atoms with Crippen LogP contribution in [0, 0.1) is 0 Å². The van der Waals surface area contributed by atoms with Gasteiger partial charge in [0, 0.05) is 12.1 Å². The number of nitrogens with one attached hydrogen (secondary N) is 4. The van der Waals surface area contributed by atoms with Crippen LogP contribution in [0.1, 0.15) is 51.5 Å². The van der Waals surface area contributed by atoms with Gasteiger partial charge in [-0.25, -0.2) is 9.59 Å². The van der Waals surface area contributed by atoms with Gasteiger partial charge in [0.15, 0.2) is 5.54 Å². The number of nitrogens with zero attached hydrogens (tertiary/aromatic N) is 1. The number of amides is 7. The molecule has 0 aromatic heterocycles. The summed E-state index contributed by atoms with van der Waals surface area (Å²) in [5, 5.41) is 9.98. The third-order valence-electron chi connectivity index (χ3n) is 7.30. The maximum atomic E-state index is 13.4. The second-order valence-corrected chi connectivity index (χ2v) is 9.41. The minimum Gasteiger partial charge on any atom is -0.497 e. The van der Waals surface area contributed by atoms with Gasteiger partial charge in [-0.1, -0.05) is 18.2 Å². The minimum absolute atomic E-state index is 0.0307. The molecule has 3 aliphatic rings. The van der Waals surface area contributed by atoms with Crippen LogP contribution < -0.4 is 26.0 Å². The topological polar surface area (TPSA) is 146 Å². The molecule has 1 saturated heterocycles. The first-order valence-corrected chi connectivity index (χ1v) is 12.1. The molecule has 5 rings (SSSR count). The van der Waals surface area contributed by atoms with Gasteiger partial charge in [0.1, 0.15) is 5.75 Å². The van der Waals surface area contributed by atoms with Crippen LogP contribution in [0.25, 0.3) is 0 Å². The zero-order valence-corrected chi connectivity index (χ0v) is 20.3. The fourth-order valence-electron chi connectivity index (χ4n) is 5.46. The van der Waals surface area contributed by atoms with Gasteiger partial charge in [-0.15, -0.1) is 0 Å². The van der Waals surface area contributed by atoms with Crippen molar-refractivity contribution in [1.82, 2.24) is 26.2 Å². The lowest BCUT2D eigenvalue weighted by atomic mass is 9.81. The Hall–Kier alpha value is -4.41. The average molecular weight is 506 g/mol. The van der Waals surface area contributed by atoms with E-state index in [1.165, 1.54) is 0 Å². The Bertz CT molecular complexity index is 1310. The molecule has 0 saturated carbocycles. The van der Waals surface area contributed by atoms with Gasteiger partial charge in [-0.05, 0) is 66.1 Å². The monoisotopic (exact) mass is 505 g/mol. The van der Waals surface area contributed by atoms with Crippen LogP contribution in [0.2, 0.25) is 0 Å². The molecule has 1 unspecified atom stereocenters. The van der Waals surface area contributed by atoms with E-state index in [1.54, 1.807) is 30.2 Å².